The molecule has 3 heteroatoms. The number of esters is 1. The smallest absolute Gasteiger partial charge is 0.338 e. The summed E-state index contributed by atoms with van der Waals surface area (Å²) in [5.41, 5.74) is 1.76. The van der Waals surface area contributed by atoms with E-state index in [2.05, 4.69) is 0 Å². The summed E-state index contributed by atoms with van der Waals surface area (Å²) >= 11 is 0. The third-order valence-corrected chi connectivity index (χ3v) is 3.96. The van der Waals surface area contributed by atoms with Gasteiger partial charge in [0.25, 0.3) is 0 Å². The van der Waals surface area contributed by atoms with Crippen LogP contribution in [0, 0.1) is 18.8 Å². The standard InChI is InChI=1S/C16H22O3/c1-12-2-8-15(9-3-12)16(18)19-11-14-6-4-13(10-17)5-7-14/h2-3,8-9,13-14,17H,4-7,10-11H2,1H3. The zero-order valence-electron chi connectivity index (χ0n) is 11.5. The summed E-state index contributed by atoms with van der Waals surface area (Å²) in [6.07, 6.45) is 4.19. The molecule has 3 nitrogen and oxygen atoms in total. The van der Waals surface area contributed by atoms with E-state index in [-0.39, 0.29) is 12.6 Å². The molecule has 0 aromatic heterocycles. The van der Waals surface area contributed by atoms with E-state index < -0.39 is 0 Å². The normalized spacial score (nSPS) is 23.1. The number of ether oxygens (including phenoxy) is 1. The second-order valence-corrected chi connectivity index (χ2v) is 5.53. The molecule has 0 aliphatic heterocycles. The Kier molecular flexibility index (Phi) is 4.97. The lowest BCUT2D eigenvalue weighted by Gasteiger charge is -2.26. The molecule has 1 aliphatic carbocycles. The van der Waals surface area contributed by atoms with Crippen LogP contribution in [-0.4, -0.2) is 24.3 Å². The molecule has 1 fully saturated rings. The van der Waals surface area contributed by atoms with Crippen LogP contribution < -0.4 is 0 Å². The molecule has 0 saturated heterocycles. The van der Waals surface area contributed by atoms with Gasteiger partial charge in [-0.05, 0) is 56.6 Å². The van der Waals surface area contributed by atoms with Gasteiger partial charge in [-0.2, -0.15) is 0 Å². The first-order valence-electron chi connectivity index (χ1n) is 7.03. The molecule has 1 saturated carbocycles. The molecule has 0 unspecified atom stereocenters. The highest BCUT2D eigenvalue weighted by atomic mass is 16.5. The molecule has 0 amide bonds. The van der Waals surface area contributed by atoms with Crippen molar-refractivity contribution >= 4 is 5.97 Å². The lowest BCUT2D eigenvalue weighted by Crippen LogP contribution is -2.22. The Morgan fingerprint density at radius 1 is 1.16 bits per heavy atom. The van der Waals surface area contributed by atoms with Gasteiger partial charge in [-0.3, -0.25) is 0 Å². The van der Waals surface area contributed by atoms with Crippen molar-refractivity contribution in [1.82, 2.24) is 0 Å². The van der Waals surface area contributed by atoms with E-state index in [0.717, 1.165) is 31.2 Å². The minimum absolute atomic E-state index is 0.232. The number of rotatable bonds is 4. The number of carbonyl (C=O) groups is 1. The summed E-state index contributed by atoms with van der Waals surface area (Å²) in [6.45, 7) is 2.79. The molecule has 0 bridgehead atoms. The third kappa shape index (κ3) is 4.06. The highest BCUT2D eigenvalue weighted by Gasteiger charge is 2.21. The molecule has 0 atom stereocenters. The Morgan fingerprint density at radius 2 is 1.74 bits per heavy atom. The zero-order chi connectivity index (χ0) is 13.7. The van der Waals surface area contributed by atoms with Crippen molar-refractivity contribution in [3.8, 4) is 0 Å². The van der Waals surface area contributed by atoms with Gasteiger partial charge in [-0.25, -0.2) is 4.79 Å². The average molecular weight is 262 g/mol. The van der Waals surface area contributed by atoms with Crippen LogP contribution in [0.25, 0.3) is 0 Å². The van der Waals surface area contributed by atoms with Crippen molar-refractivity contribution in [2.75, 3.05) is 13.2 Å². The van der Waals surface area contributed by atoms with Crippen molar-refractivity contribution < 1.29 is 14.6 Å². The van der Waals surface area contributed by atoms with Gasteiger partial charge in [0, 0.05) is 6.61 Å². The SMILES string of the molecule is Cc1ccc(C(=O)OCC2CCC(CO)CC2)cc1. The predicted molar refractivity (Wildman–Crippen MR) is 74.0 cm³/mol. The first kappa shape index (κ1) is 14.1. The van der Waals surface area contributed by atoms with Crippen molar-refractivity contribution in [3.05, 3.63) is 35.4 Å². The molecule has 0 radical (unpaired) electrons. The largest absolute Gasteiger partial charge is 0.462 e. The molecule has 19 heavy (non-hydrogen) atoms. The van der Waals surface area contributed by atoms with Crippen molar-refractivity contribution in [1.29, 1.82) is 0 Å². The predicted octanol–water partition coefficient (Wildman–Crippen LogP) is 2.95. The summed E-state index contributed by atoms with van der Waals surface area (Å²) < 4.78 is 5.37. The Balaban J connectivity index is 1.76. The van der Waals surface area contributed by atoms with E-state index in [1.54, 1.807) is 12.1 Å². The molecule has 0 heterocycles. The van der Waals surface area contributed by atoms with Gasteiger partial charge < -0.3 is 9.84 Å². The maximum Gasteiger partial charge on any atom is 0.338 e. The fourth-order valence-electron chi connectivity index (χ4n) is 2.55. The number of benzene rings is 1. The van der Waals surface area contributed by atoms with E-state index in [1.807, 2.05) is 19.1 Å². The highest BCUT2D eigenvalue weighted by Crippen LogP contribution is 2.28. The van der Waals surface area contributed by atoms with E-state index in [0.29, 0.717) is 24.0 Å². The minimum Gasteiger partial charge on any atom is -0.462 e. The summed E-state index contributed by atoms with van der Waals surface area (Å²) in [5, 5.41) is 9.08. The zero-order valence-corrected chi connectivity index (χ0v) is 11.5. The number of aryl methyl sites for hydroxylation is 1. The molecular formula is C16H22O3. The van der Waals surface area contributed by atoms with Gasteiger partial charge in [-0.15, -0.1) is 0 Å². The monoisotopic (exact) mass is 262 g/mol. The van der Waals surface area contributed by atoms with Gasteiger partial charge >= 0.3 is 5.97 Å². The minimum atomic E-state index is -0.232. The van der Waals surface area contributed by atoms with Gasteiger partial charge in [0.1, 0.15) is 0 Å². The fourth-order valence-corrected chi connectivity index (χ4v) is 2.55. The second kappa shape index (κ2) is 6.71. The Labute approximate surface area is 114 Å². The van der Waals surface area contributed by atoms with Crippen LogP contribution >= 0.6 is 0 Å². The van der Waals surface area contributed by atoms with Crippen molar-refractivity contribution in [2.24, 2.45) is 11.8 Å². The number of hydrogen-bond donors (Lipinski definition) is 1. The molecule has 1 aromatic carbocycles. The quantitative estimate of drug-likeness (QED) is 0.849. The maximum atomic E-state index is 11.9. The van der Waals surface area contributed by atoms with Gasteiger partial charge in [-0.1, -0.05) is 17.7 Å². The molecule has 0 spiro atoms. The van der Waals surface area contributed by atoms with Crippen LogP contribution in [0.3, 0.4) is 0 Å². The molecule has 1 aliphatic rings. The molecular weight excluding hydrogens is 240 g/mol. The Bertz CT molecular complexity index is 403. The fraction of sp³-hybridized carbons (Fsp3) is 0.562. The van der Waals surface area contributed by atoms with Gasteiger partial charge in [0.15, 0.2) is 0 Å². The first-order chi connectivity index (χ1) is 9.19. The molecule has 1 aromatic rings. The van der Waals surface area contributed by atoms with E-state index in [1.165, 1.54) is 0 Å². The topological polar surface area (TPSA) is 46.5 Å². The summed E-state index contributed by atoms with van der Waals surface area (Å²) in [6, 6.07) is 7.45. The van der Waals surface area contributed by atoms with Crippen LogP contribution in [0.5, 0.6) is 0 Å². The van der Waals surface area contributed by atoms with E-state index >= 15 is 0 Å². The van der Waals surface area contributed by atoms with Crippen molar-refractivity contribution in [3.63, 3.8) is 0 Å². The first-order valence-corrected chi connectivity index (χ1v) is 7.03. The number of aliphatic hydroxyl groups excluding tert-OH is 1. The second-order valence-electron chi connectivity index (χ2n) is 5.53. The van der Waals surface area contributed by atoms with Crippen LogP contribution in [0.15, 0.2) is 24.3 Å². The van der Waals surface area contributed by atoms with Crippen LogP contribution in [-0.2, 0) is 4.74 Å². The number of hydrogen-bond acceptors (Lipinski definition) is 3. The Hall–Kier alpha value is -1.35. The van der Waals surface area contributed by atoms with E-state index in [4.69, 9.17) is 9.84 Å². The molecule has 104 valence electrons. The molecule has 1 N–H and O–H groups in total. The van der Waals surface area contributed by atoms with Crippen LogP contribution in [0.4, 0.5) is 0 Å². The van der Waals surface area contributed by atoms with Gasteiger partial charge in [0.05, 0.1) is 12.2 Å². The van der Waals surface area contributed by atoms with E-state index in [9.17, 15) is 4.79 Å². The third-order valence-electron chi connectivity index (χ3n) is 3.96. The highest BCUT2D eigenvalue weighted by molar-refractivity contribution is 5.89. The van der Waals surface area contributed by atoms with Crippen LogP contribution in [0.1, 0.15) is 41.6 Å². The lowest BCUT2D eigenvalue weighted by molar-refractivity contribution is 0.0379. The summed E-state index contributed by atoms with van der Waals surface area (Å²) in [4.78, 5) is 11.9. The summed E-state index contributed by atoms with van der Waals surface area (Å²) in [5.74, 6) is 0.672. The number of carbonyl (C=O) groups excluding carboxylic acids is 1. The number of aliphatic hydroxyl groups is 1. The van der Waals surface area contributed by atoms with Crippen LogP contribution in [0.2, 0.25) is 0 Å². The molecule has 2 rings (SSSR count). The Morgan fingerprint density at radius 3 is 2.32 bits per heavy atom. The average Bonchev–Trinajstić information content (AvgIpc) is 2.46. The lowest BCUT2D eigenvalue weighted by atomic mass is 9.83. The maximum absolute atomic E-state index is 11.9. The summed E-state index contributed by atoms with van der Waals surface area (Å²) in [7, 11) is 0. The van der Waals surface area contributed by atoms with Crippen molar-refractivity contribution in [2.45, 2.75) is 32.6 Å². The van der Waals surface area contributed by atoms with Gasteiger partial charge in [0.2, 0.25) is 0 Å².